The molecule has 4 heteroatoms. The van der Waals surface area contributed by atoms with Crippen LogP contribution < -0.4 is 19.3 Å². The fraction of sp³-hybridized carbons (Fsp3) is 0.0952. The van der Waals surface area contributed by atoms with E-state index in [4.69, 9.17) is 9.47 Å². The first-order valence-electron chi connectivity index (χ1n) is 15.7. The van der Waals surface area contributed by atoms with Crippen molar-refractivity contribution in [3.05, 3.63) is 167 Å². The summed E-state index contributed by atoms with van der Waals surface area (Å²) in [6.07, 6.45) is 0. The second-order valence-corrected chi connectivity index (χ2v) is 12.1. The minimum Gasteiger partial charge on any atom is -0.433 e. The smallest absolute Gasteiger partial charge is 0.268 e. The average molecular weight is 599 g/mol. The molecule has 0 aromatic heterocycles. The minimum atomic E-state index is 0.619. The molecule has 0 bridgehead atoms. The highest BCUT2D eigenvalue weighted by Crippen LogP contribution is 2.51. The van der Waals surface area contributed by atoms with E-state index in [0.29, 0.717) is 11.8 Å². The number of hydrogen-bond donors (Lipinski definition) is 0. The monoisotopic (exact) mass is 598 g/mol. The number of rotatable bonds is 4. The molecular formula is C42H34N2O2. The number of hydrogen-bond acceptors (Lipinski definition) is 4. The Morgan fingerprint density at radius 1 is 0.391 bits per heavy atom. The van der Waals surface area contributed by atoms with Crippen LogP contribution in [0.5, 0.6) is 11.5 Å². The summed E-state index contributed by atoms with van der Waals surface area (Å²) in [4.78, 5) is 4.35. The van der Waals surface area contributed by atoms with Crippen LogP contribution in [0.3, 0.4) is 0 Å². The van der Waals surface area contributed by atoms with E-state index < -0.39 is 0 Å². The van der Waals surface area contributed by atoms with E-state index in [1.807, 2.05) is 36.4 Å². The van der Waals surface area contributed by atoms with Gasteiger partial charge in [-0.1, -0.05) is 84.9 Å². The molecule has 0 fully saturated rings. The van der Waals surface area contributed by atoms with E-state index in [-0.39, 0.29) is 0 Å². The second-order valence-electron chi connectivity index (χ2n) is 12.1. The highest BCUT2D eigenvalue weighted by molar-refractivity contribution is 5.85. The Labute approximate surface area is 270 Å². The van der Waals surface area contributed by atoms with Crippen molar-refractivity contribution in [1.82, 2.24) is 0 Å². The maximum atomic E-state index is 6.73. The third kappa shape index (κ3) is 4.53. The molecule has 6 aromatic carbocycles. The SMILES string of the molecule is Cc1cccc(C)c1-c1cccc(N2/C(=C3\Oc4ccccc4N3c3cccc(-c4c(C)cccc4C)c3)Oc3ccccc32)c1. The highest BCUT2D eigenvalue weighted by Gasteiger charge is 2.39. The molecule has 224 valence electrons. The van der Waals surface area contributed by atoms with E-state index in [1.54, 1.807) is 0 Å². The van der Waals surface area contributed by atoms with Crippen molar-refractivity contribution in [3.8, 4) is 33.8 Å². The summed E-state index contributed by atoms with van der Waals surface area (Å²) in [5.41, 5.74) is 13.7. The predicted molar refractivity (Wildman–Crippen MR) is 188 cm³/mol. The van der Waals surface area contributed by atoms with Crippen LogP contribution in [0.25, 0.3) is 22.3 Å². The van der Waals surface area contributed by atoms with Crippen LogP contribution in [0.15, 0.2) is 145 Å². The molecular weight excluding hydrogens is 564 g/mol. The molecule has 4 nitrogen and oxygen atoms in total. The lowest BCUT2D eigenvalue weighted by Gasteiger charge is -2.25. The van der Waals surface area contributed by atoms with E-state index in [2.05, 4.69) is 135 Å². The van der Waals surface area contributed by atoms with E-state index >= 15 is 0 Å². The number of aryl methyl sites for hydroxylation is 4. The number of nitrogens with zero attached hydrogens (tertiary/aromatic N) is 2. The first kappa shape index (κ1) is 27.8. The molecule has 8 rings (SSSR count). The molecule has 0 aliphatic carbocycles. The zero-order chi connectivity index (χ0) is 31.4. The van der Waals surface area contributed by atoms with Gasteiger partial charge < -0.3 is 9.47 Å². The van der Waals surface area contributed by atoms with Crippen molar-refractivity contribution in [2.75, 3.05) is 9.80 Å². The Kier molecular flexibility index (Phi) is 6.65. The summed E-state index contributed by atoms with van der Waals surface area (Å²) in [6, 6.07) is 46.6. The molecule has 0 N–H and O–H groups in total. The molecule has 0 saturated heterocycles. The van der Waals surface area contributed by atoms with Gasteiger partial charge in [0.05, 0.1) is 22.7 Å². The summed E-state index contributed by atoms with van der Waals surface area (Å²) in [5, 5.41) is 0. The maximum Gasteiger partial charge on any atom is 0.268 e. The number of anilines is 4. The standard InChI is InChI=1S/C42H34N2O2/c1-27-13-9-14-28(2)39(27)31-17-11-19-33(25-31)43-35-21-5-7-23-37(35)45-41(43)42-44(36-22-6-8-24-38(36)46-42)34-20-12-18-32(26-34)40-29(3)15-10-16-30(40)4/h5-26H,1-4H3/b42-41+. The Bertz CT molecular complexity index is 1980. The topological polar surface area (TPSA) is 24.9 Å². The Morgan fingerprint density at radius 2 is 0.761 bits per heavy atom. The number of ether oxygens (including phenoxy) is 2. The molecule has 0 radical (unpaired) electrons. The third-order valence-electron chi connectivity index (χ3n) is 8.96. The van der Waals surface area contributed by atoms with Gasteiger partial charge in [-0.15, -0.1) is 0 Å². The molecule has 0 amide bonds. The lowest BCUT2D eigenvalue weighted by Crippen LogP contribution is -2.24. The van der Waals surface area contributed by atoms with Crippen molar-refractivity contribution in [1.29, 1.82) is 0 Å². The van der Waals surface area contributed by atoms with Crippen molar-refractivity contribution in [2.45, 2.75) is 27.7 Å². The quantitative estimate of drug-likeness (QED) is 0.202. The molecule has 2 aliphatic heterocycles. The first-order chi connectivity index (χ1) is 22.5. The van der Waals surface area contributed by atoms with Crippen LogP contribution >= 0.6 is 0 Å². The van der Waals surface area contributed by atoms with Crippen molar-refractivity contribution in [3.63, 3.8) is 0 Å². The largest absolute Gasteiger partial charge is 0.433 e. The summed E-state index contributed by atoms with van der Waals surface area (Å²) < 4.78 is 13.5. The summed E-state index contributed by atoms with van der Waals surface area (Å²) in [6.45, 7) is 8.69. The number of benzene rings is 6. The Morgan fingerprint density at radius 3 is 1.17 bits per heavy atom. The molecule has 0 atom stereocenters. The summed E-state index contributed by atoms with van der Waals surface area (Å²) >= 11 is 0. The van der Waals surface area contributed by atoms with Gasteiger partial charge in [0.15, 0.2) is 11.5 Å². The highest BCUT2D eigenvalue weighted by atomic mass is 16.6. The summed E-state index contributed by atoms with van der Waals surface area (Å²) in [7, 11) is 0. The van der Waals surface area contributed by atoms with Crippen LogP contribution in [0.4, 0.5) is 22.7 Å². The minimum absolute atomic E-state index is 0.619. The van der Waals surface area contributed by atoms with Gasteiger partial charge in [-0.2, -0.15) is 0 Å². The zero-order valence-electron chi connectivity index (χ0n) is 26.4. The van der Waals surface area contributed by atoms with E-state index in [1.165, 1.54) is 33.4 Å². The first-order valence-corrected chi connectivity index (χ1v) is 15.7. The predicted octanol–water partition coefficient (Wildman–Crippen LogP) is 11.1. The Balaban J connectivity index is 1.32. The van der Waals surface area contributed by atoms with Crippen molar-refractivity contribution in [2.24, 2.45) is 0 Å². The lowest BCUT2D eigenvalue weighted by molar-refractivity contribution is 0.367. The maximum absolute atomic E-state index is 6.73. The van der Waals surface area contributed by atoms with Crippen LogP contribution in [0.1, 0.15) is 22.3 Å². The number of fused-ring (bicyclic) bond motifs is 2. The fourth-order valence-electron chi connectivity index (χ4n) is 6.91. The fourth-order valence-corrected chi connectivity index (χ4v) is 6.91. The second kappa shape index (κ2) is 11.0. The van der Waals surface area contributed by atoms with Gasteiger partial charge in [-0.05, 0) is 121 Å². The molecule has 0 spiro atoms. The zero-order valence-corrected chi connectivity index (χ0v) is 26.4. The lowest BCUT2D eigenvalue weighted by atomic mass is 9.95. The van der Waals surface area contributed by atoms with Gasteiger partial charge in [0.25, 0.3) is 11.8 Å². The summed E-state index contributed by atoms with van der Waals surface area (Å²) in [5.74, 6) is 2.81. The Hall–Kier alpha value is -5.74. The average Bonchev–Trinajstić information content (AvgIpc) is 3.64. The van der Waals surface area contributed by atoms with E-state index in [9.17, 15) is 0 Å². The van der Waals surface area contributed by atoms with Crippen molar-refractivity contribution < 1.29 is 9.47 Å². The van der Waals surface area contributed by atoms with Gasteiger partial charge in [0, 0.05) is 0 Å². The van der Waals surface area contributed by atoms with Gasteiger partial charge in [0.2, 0.25) is 0 Å². The van der Waals surface area contributed by atoms with Gasteiger partial charge in [-0.3, -0.25) is 9.80 Å². The van der Waals surface area contributed by atoms with Gasteiger partial charge in [-0.25, -0.2) is 0 Å². The molecule has 46 heavy (non-hydrogen) atoms. The van der Waals surface area contributed by atoms with Crippen LogP contribution in [-0.2, 0) is 0 Å². The molecule has 2 aliphatic rings. The molecule has 6 aromatic rings. The number of para-hydroxylation sites is 4. The van der Waals surface area contributed by atoms with E-state index in [0.717, 1.165) is 45.4 Å². The third-order valence-corrected chi connectivity index (χ3v) is 8.96. The van der Waals surface area contributed by atoms with Gasteiger partial charge in [0.1, 0.15) is 0 Å². The van der Waals surface area contributed by atoms with Gasteiger partial charge >= 0.3 is 0 Å². The van der Waals surface area contributed by atoms with Crippen LogP contribution in [0, 0.1) is 27.7 Å². The van der Waals surface area contributed by atoms with Crippen molar-refractivity contribution >= 4 is 22.7 Å². The van der Waals surface area contributed by atoms with Crippen LogP contribution in [-0.4, -0.2) is 0 Å². The van der Waals surface area contributed by atoms with Crippen LogP contribution in [0.2, 0.25) is 0 Å². The molecule has 2 heterocycles. The normalized spacial score (nSPS) is 15.0. The molecule has 0 unspecified atom stereocenters. The molecule has 0 saturated carbocycles.